The minimum Gasteiger partial charge on any atom is -0.396 e. The van der Waals surface area contributed by atoms with Crippen molar-refractivity contribution in [3.8, 4) is 0 Å². The zero-order chi connectivity index (χ0) is 12.4. The number of nitrogens with zero attached hydrogens (tertiary/aromatic N) is 2. The Morgan fingerprint density at radius 1 is 1.33 bits per heavy atom. The summed E-state index contributed by atoms with van der Waals surface area (Å²) in [6, 6.07) is 10.1. The molecule has 0 aliphatic heterocycles. The molecule has 1 N–H and O–H groups in total. The maximum Gasteiger partial charge on any atom is 0.138 e. The number of rotatable bonds is 3. The van der Waals surface area contributed by atoms with Crippen LogP contribution in [0.1, 0.15) is 12.5 Å². The Morgan fingerprint density at radius 2 is 2.28 bits per heavy atom. The van der Waals surface area contributed by atoms with Gasteiger partial charge in [0.25, 0.3) is 0 Å². The molecule has 0 unspecified atom stereocenters. The molecule has 0 saturated heterocycles. The van der Waals surface area contributed by atoms with Gasteiger partial charge < -0.3 is 9.82 Å². The van der Waals surface area contributed by atoms with Crippen LogP contribution >= 0.6 is 0 Å². The Hall–Kier alpha value is -2.36. The fourth-order valence-corrected chi connectivity index (χ4v) is 2.00. The van der Waals surface area contributed by atoms with Crippen LogP contribution in [0.2, 0.25) is 0 Å². The fraction of sp³-hybridized carbons (Fsp3) is 0.143. The molecule has 3 rings (SSSR count). The zero-order valence-corrected chi connectivity index (χ0v) is 10.1. The molecule has 0 fully saturated rings. The van der Waals surface area contributed by atoms with Gasteiger partial charge in [-0.1, -0.05) is 11.2 Å². The van der Waals surface area contributed by atoms with Gasteiger partial charge in [0.1, 0.15) is 12.3 Å². The van der Waals surface area contributed by atoms with Crippen molar-refractivity contribution < 1.29 is 4.84 Å². The normalized spacial score (nSPS) is 11.6. The van der Waals surface area contributed by atoms with Crippen LogP contribution in [0.25, 0.3) is 21.9 Å². The van der Waals surface area contributed by atoms with E-state index in [2.05, 4.69) is 27.3 Å². The topological polar surface area (TPSA) is 50.3 Å². The molecule has 0 atom stereocenters. The van der Waals surface area contributed by atoms with Crippen molar-refractivity contribution in [1.29, 1.82) is 0 Å². The molecule has 0 amide bonds. The standard InChI is InChI=1S/C14H13N3O/c1-2-18-16-9-10-5-6-13-12(8-10)11-4-3-7-15-14(11)17-13/h3-9H,2H2,1H3,(H,15,17). The molecule has 0 bridgehead atoms. The quantitative estimate of drug-likeness (QED) is 0.564. The van der Waals surface area contributed by atoms with Gasteiger partial charge in [-0.15, -0.1) is 0 Å². The number of pyridine rings is 1. The third kappa shape index (κ3) is 1.82. The van der Waals surface area contributed by atoms with Crippen LogP contribution in [0.4, 0.5) is 0 Å². The minimum atomic E-state index is 0.579. The average Bonchev–Trinajstić information content (AvgIpc) is 2.77. The fourth-order valence-electron chi connectivity index (χ4n) is 2.00. The van der Waals surface area contributed by atoms with Crippen LogP contribution < -0.4 is 0 Å². The van der Waals surface area contributed by atoms with Gasteiger partial charge in [0.2, 0.25) is 0 Å². The molecule has 0 aliphatic rings. The predicted octanol–water partition coefficient (Wildman–Crippen LogP) is 3.09. The van der Waals surface area contributed by atoms with Crippen LogP contribution in [0.3, 0.4) is 0 Å². The van der Waals surface area contributed by atoms with Gasteiger partial charge >= 0.3 is 0 Å². The van der Waals surface area contributed by atoms with Gasteiger partial charge in [0, 0.05) is 22.5 Å². The van der Waals surface area contributed by atoms with E-state index in [9.17, 15) is 0 Å². The van der Waals surface area contributed by atoms with E-state index in [1.807, 2.05) is 25.1 Å². The minimum absolute atomic E-state index is 0.579. The summed E-state index contributed by atoms with van der Waals surface area (Å²) in [5.41, 5.74) is 3.00. The zero-order valence-electron chi connectivity index (χ0n) is 10.1. The summed E-state index contributed by atoms with van der Waals surface area (Å²) in [5, 5.41) is 6.16. The van der Waals surface area contributed by atoms with E-state index in [1.165, 1.54) is 0 Å². The number of benzene rings is 1. The SMILES string of the molecule is CCON=Cc1ccc2[nH]c3ncccc3c2c1. The Bertz CT molecular complexity index is 715. The van der Waals surface area contributed by atoms with Crippen molar-refractivity contribution in [3.63, 3.8) is 0 Å². The molecule has 90 valence electrons. The number of aromatic nitrogens is 2. The summed E-state index contributed by atoms with van der Waals surface area (Å²) in [7, 11) is 0. The highest BCUT2D eigenvalue weighted by molar-refractivity contribution is 6.07. The third-order valence-electron chi connectivity index (χ3n) is 2.80. The van der Waals surface area contributed by atoms with E-state index in [-0.39, 0.29) is 0 Å². The van der Waals surface area contributed by atoms with Crippen molar-refractivity contribution in [1.82, 2.24) is 9.97 Å². The maximum absolute atomic E-state index is 4.97. The number of aromatic amines is 1. The Balaban J connectivity index is 2.12. The molecule has 0 radical (unpaired) electrons. The van der Waals surface area contributed by atoms with Crippen molar-refractivity contribution in [2.75, 3.05) is 6.61 Å². The summed E-state index contributed by atoms with van der Waals surface area (Å²) in [6.07, 6.45) is 3.51. The van der Waals surface area contributed by atoms with E-state index in [0.29, 0.717) is 6.61 Å². The van der Waals surface area contributed by atoms with Gasteiger partial charge in [0.15, 0.2) is 0 Å². The highest BCUT2D eigenvalue weighted by Gasteiger charge is 2.04. The van der Waals surface area contributed by atoms with Gasteiger partial charge in [-0.05, 0) is 36.8 Å². The highest BCUT2D eigenvalue weighted by Crippen LogP contribution is 2.24. The van der Waals surface area contributed by atoms with Crippen LogP contribution in [0.5, 0.6) is 0 Å². The van der Waals surface area contributed by atoms with E-state index >= 15 is 0 Å². The summed E-state index contributed by atoms with van der Waals surface area (Å²) in [6.45, 7) is 2.49. The number of nitrogens with one attached hydrogen (secondary N) is 1. The van der Waals surface area contributed by atoms with Gasteiger partial charge in [-0.3, -0.25) is 0 Å². The first-order valence-corrected chi connectivity index (χ1v) is 5.90. The maximum atomic E-state index is 4.97. The lowest BCUT2D eigenvalue weighted by Crippen LogP contribution is -1.84. The first kappa shape index (κ1) is 10.8. The second kappa shape index (κ2) is 4.49. The first-order chi connectivity index (χ1) is 8.88. The van der Waals surface area contributed by atoms with Gasteiger partial charge in [-0.25, -0.2) is 4.98 Å². The van der Waals surface area contributed by atoms with Crippen molar-refractivity contribution >= 4 is 28.2 Å². The molecule has 0 spiro atoms. The molecular weight excluding hydrogens is 226 g/mol. The van der Waals surface area contributed by atoms with E-state index in [4.69, 9.17) is 4.84 Å². The summed E-state index contributed by atoms with van der Waals surface area (Å²) < 4.78 is 0. The predicted molar refractivity (Wildman–Crippen MR) is 72.8 cm³/mol. The first-order valence-electron chi connectivity index (χ1n) is 5.90. The summed E-state index contributed by atoms with van der Waals surface area (Å²) in [4.78, 5) is 12.6. The van der Waals surface area contributed by atoms with Crippen molar-refractivity contribution in [3.05, 3.63) is 42.1 Å². The van der Waals surface area contributed by atoms with Crippen LogP contribution in [-0.2, 0) is 4.84 Å². The van der Waals surface area contributed by atoms with Crippen molar-refractivity contribution in [2.24, 2.45) is 5.16 Å². The van der Waals surface area contributed by atoms with Crippen molar-refractivity contribution in [2.45, 2.75) is 6.92 Å². The van der Waals surface area contributed by atoms with Gasteiger partial charge in [-0.2, -0.15) is 0 Å². The number of fused-ring (bicyclic) bond motifs is 3. The van der Waals surface area contributed by atoms with Crippen LogP contribution in [0, 0.1) is 0 Å². The number of hydrogen-bond donors (Lipinski definition) is 1. The average molecular weight is 239 g/mol. The number of hydrogen-bond acceptors (Lipinski definition) is 3. The molecule has 2 aromatic heterocycles. The van der Waals surface area contributed by atoms with E-state index < -0.39 is 0 Å². The molecule has 2 heterocycles. The third-order valence-corrected chi connectivity index (χ3v) is 2.80. The molecule has 0 aliphatic carbocycles. The van der Waals surface area contributed by atoms with Gasteiger partial charge in [0.05, 0.1) is 6.21 Å². The number of H-pyrrole nitrogens is 1. The summed E-state index contributed by atoms with van der Waals surface area (Å²) in [5.74, 6) is 0. The lowest BCUT2D eigenvalue weighted by atomic mass is 10.1. The largest absolute Gasteiger partial charge is 0.396 e. The summed E-state index contributed by atoms with van der Waals surface area (Å²) >= 11 is 0. The molecular formula is C14H13N3O. The second-order valence-corrected chi connectivity index (χ2v) is 3.98. The number of oxime groups is 1. The second-order valence-electron chi connectivity index (χ2n) is 3.98. The molecule has 4 heteroatoms. The van der Waals surface area contributed by atoms with Crippen LogP contribution in [-0.4, -0.2) is 22.8 Å². The molecule has 0 saturated carbocycles. The molecule has 3 aromatic rings. The van der Waals surface area contributed by atoms with Crippen LogP contribution in [0.15, 0.2) is 41.7 Å². The Labute approximate surface area is 104 Å². The smallest absolute Gasteiger partial charge is 0.138 e. The monoisotopic (exact) mass is 239 g/mol. The lowest BCUT2D eigenvalue weighted by molar-refractivity contribution is 0.160. The lowest BCUT2D eigenvalue weighted by Gasteiger charge is -1.95. The Kier molecular flexibility index (Phi) is 2.68. The highest BCUT2D eigenvalue weighted by atomic mass is 16.6. The molecule has 18 heavy (non-hydrogen) atoms. The van der Waals surface area contributed by atoms with E-state index in [0.717, 1.165) is 27.5 Å². The molecule has 1 aromatic carbocycles. The molecule has 4 nitrogen and oxygen atoms in total. The Morgan fingerprint density at radius 3 is 3.17 bits per heavy atom. The van der Waals surface area contributed by atoms with E-state index in [1.54, 1.807) is 12.4 Å².